The fraction of sp³-hybridized carbons (Fsp3) is 0.0500. The Morgan fingerprint density at radius 1 is 0.608 bits per heavy atom. The third-order valence-electron chi connectivity index (χ3n) is 8.73. The highest BCUT2D eigenvalue weighted by molar-refractivity contribution is 6.07. The number of ketones is 2. The van der Waals surface area contributed by atoms with Gasteiger partial charge in [-0.05, 0) is 52.4 Å². The molecular formula is C40H17F3N6O2. The summed E-state index contributed by atoms with van der Waals surface area (Å²) < 4.78 is 38.9. The molecule has 0 bridgehead atoms. The number of carbonyl (C=O) groups is 2. The van der Waals surface area contributed by atoms with Gasteiger partial charge in [0, 0.05) is 33.4 Å². The van der Waals surface area contributed by atoms with E-state index < -0.39 is 17.5 Å². The second-order valence-electron chi connectivity index (χ2n) is 11.6. The van der Waals surface area contributed by atoms with E-state index in [0.29, 0.717) is 50.3 Å². The van der Waals surface area contributed by atoms with Gasteiger partial charge in [0.1, 0.15) is 0 Å². The van der Waals surface area contributed by atoms with Crippen molar-refractivity contribution in [3.63, 3.8) is 0 Å². The van der Waals surface area contributed by atoms with Crippen molar-refractivity contribution in [1.82, 2.24) is 9.97 Å². The molecule has 2 aliphatic carbocycles. The Bertz CT molecular complexity index is 2610. The van der Waals surface area contributed by atoms with Crippen LogP contribution in [-0.4, -0.2) is 27.7 Å². The van der Waals surface area contributed by atoms with Gasteiger partial charge in [0.2, 0.25) is 0 Å². The number of hydrogen-bond acceptors (Lipinski definition) is 6. The van der Waals surface area contributed by atoms with Crippen LogP contribution >= 0.6 is 0 Å². The van der Waals surface area contributed by atoms with Crippen molar-refractivity contribution in [2.75, 3.05) is 0 Å². The van der Waals surface area contributed by atoms with E-state index in [-0.39, 0.29) is 39.7 Å². The number of allylic oxidation sites excluding steroid dienone is 2. The van der Waals surface area contributed by atoms with E-state index >= 15 is 0 Å². The molecule has 5 aromatic rings. The van der Waals surface area contributed by atoms with Crippen LogP contribution in [0, 0.1) is 35.8 Å². The number of alkyl halides is 3. The number of nitriles is 2. The summed E-state index contributed by atoms with van der Waals surface area (Å²) in [6.07, 6.45) is -5.02. The molecule has 0 aliphatic heterocycles. The van der Waals surface area contributed by atoms with Crippen LogP contribution in [0.2, 0.25) is 0 Å². The smallest absolute Gasteiger partial charge is 0.295 e. The van der Waals surface area contributed by atoms with Crippen molar-refractivity contribution in [3.8, 4) is 56.9 Å². The molecule has 0 saturated heterocycles. The highest BCUT2D eigenvalue weighted by atomic mass is 19.4. The fourth-order valence-corrected chi connectivity index (χ4v) is 6.32. The number of halogens is 3. The predicted molar refractivity (Wildman–Crippen MR) is 181 cm³/mol. The molecule has 0 atom stereocenters. The Hall–Kier alpha value is -7.47. The van der Waals surface area contributed by atoms with Gasteiger partial charge in [-0.3, -0.25) is 9.59 Å². The molecule has 4 aromatic carbocycles. The Balaban J connectivity index is 1.39. The molecule has 11 heteroatoms. The molecular weight excluding hydrogens is 653 g/mol. The van der Waals surface area contributed by atoms with Crippen molar-refractivity contribution in [3.05, 3.63) is 153 Å². The minimum Gasteiger partial charge on any atom is -0.295 e. The van der Waals surface area contributed by atoms with E-state index in [0.717, 1.165) is 23.3 Å². The van der Waals surface area contributed by atoms with E-state index in [1.807, 2.05) is 36.4 Å². The highest BCUT2D eigenvalue weighted by Crippen LogP contribution is 2.51. The van der Waals surface area contributed by atoms with E-state index in [4.69, 9.17) is 23.1 Å². The minimum atomic E-state index is -5.02. The second kappa shape index (κ2) is 11.9. The summed E-state index contributed by atoms with van der Waals surface area (Å²) in [5, 5.41) is 20.0. The van der Waals surface area contributed by atoms with Crippen LogP contribution in [0.3, 0.4) is 0 Å². The molecule has 7 rings (SSSR count). The number of nitrogens with zero attached hydrogens (tertiary/aromatic N) is 6. The van der Waals surface area contributed by atoms with Gasteiger partial charge in [0.25, 0.3) is 17.2 Å². The van der Waals surface area contributed by atoms with Gasteiger partial charge in [-0.1, -0.05) is 72.8 Å². The number of benzene rings is 4. The topological polar surface area (TPSA) is 116 Å². The Kier molecular flexibility index (Phi) is 7.49. The van der Waals surface area contributed by atoms with Crippen molar-refractivity contribution < 1.29 is 22.8 Å². The summed E-state index contributed by atoms with van der Waals surface area (Å²) in [5.74, 6) is -2.03. The monoisotopic (exact) mass is 670 g/mol. The van der Waals surface area contributed by atoms with Gasteiger partial charge in [-0.15, -0.1) is 0 Å². The molecule has 51 heavy (non-hydrogen) atoms. The Morgan fingerprint density at radius 2 is 1.00 bits per heavy atom. The van der Waals surface area contributed by atoms with E-state index in [1.54, 1.807) is 36.4 Å². The van der Waals surface area contributed by atoms with Gasteiger partial charge in [0.15, 0.2) is 5.78 Å². The highest BCUT2D eigenvalue weighted by Gasteiger charge is 2.39. The zero-order valence-corrected chi connectivity index (χ0v) is 26.2. The first kappa shape index (κ1) is 32.1. The van der Waals surface area contributed by atoms with Crippen LogP contribution < -0.4 is 0 Å². The third kappa shape index (κ3) is 5.14. The van der Waals surface area contributed by atoms with Crippen molar-refractivity contribution >= 4 is 22.7 Å². The summed E-state index contributed by atoms with van der Waals surface area (Å²) in [7, 11) is 0. The molecule has 0 fully saturated rings. The SMILES string of the molecule is [C-]#[N+]/C(C#N)=C1/c2cc(-c3ccc(C(=O)C(F)(F)F)cc3)ccc2-c2nc3c(nc21)-c1ccc(-c2ccc(C(C)=O)cc2)cc1/C3=C(/C#N)[N+]#[C-]. The summed E-state index contributed by atoms with van der Waals surface area (Å²) in [6.45, 7) is 17.0. The fourth-order valence-electron chi connectivity index (χ4n) is 6.32. The number of Topliss-reactive ketones (excluding diaryl/α,β-unsaturated/α-hetero) is 2. The lowest BCUT2D eigenvalue weighted by atomic mass is 9.96. The summed E-state index contributed by atoms with van der Waals surface area (Å²) in [6, 6.07) is 26.4. The average molecular weight is 671 g/mol. The molecule has 1 aromatic heterocycles. The maximum Gasteiger partial charge on any atom is 0.454 e. The third-order valence-corrected chi connectivity index (χ3v) is 8.73. The molecule has 0 saturated carbocycles. The molecule has 0 radical (unpaired) electrons. The molecule has 240 valence electrons. The number of aromatic nitrogens is 2. The number of fused-ring (bicyclic) bond motifs is 6. The van der Waals surface area contributed by atoms with Crippen LogP contribution in [0.4, 0.5) is 13.2 Å². The van der Waals surface area contributed by atoms with Crippen molar-refractivity contribution in [2.24, 2.45) is 0 Å². The standard InChI is InChI=1S/C40H17F3N6O2/c1-20(50)21-4-6-22(7-5-21)25-12-14-27-29(16-25)33(31(18-44)46-2)37-35(27)48-38-34(32(19-45)47-3)30-17-26(13-15-28(30)36(38)49-37)23-8-10-24(11-9-23)39(51)40(41,42)43/h4-17H,1H3/b33-31+,34-32-. The van der Waals surface area contributed by atoms with Crippen molar-refractivity contribution in [1.29, 1.82) is 10.5 Å². The van der Waals surface area contributed by atoms with Gasteiger partial charge in [0.05, 0.1) is 48.1 Å². The van der Waals surface area contributed by atoms with Gasteiger partial charge in [-0.25, -0.2) is 30.2 Å². The first-order valence-electron chi connectivity index (χ1n) is 15.1. The second-order valence-corrected chi connectivity index (χ2v) is 11.6. The van der Waals surface area contributed by atoms with Crippen molar-refractivity contribution in [2.45, 2.75) is 13.1 Å². The summed E-state index contributed by atoms with van der Waals surface area (Å²) in [4.78, 5) is 40.3. The number of carbonyl (C=O) groups excluding carboxylic acids is 2. The van der Waals surface area contributed by atoms with Gasteiger partial charge in [-0.2, -0.15) is 13.2 Å². The number of hydrogen-bond donors (Lipinski definition) is 0. The molecule has 0 spiro atoms. The molecule has 0 unspecified atom stereocenters. The zero-order chi connectivity index (χ0) is 36.2. The minimum absolute atomic E-state index is 0.0720. The van der Waals surface area contributed by atoms with Crippen LogP contribution in [0.15, 0.2) is 96.3 Å². The normalized spacial score (nSPS) is 14.0. The van der Waals surface area contributed by atoms with Gasteiger partial charge >= 0.3 is 6.18 Å². The van der Waals surface area contributed by atoms with Crippen LogP contribution in [0.25, 0.3) is 65.6 Å². The zero-order valence-electron chi connectivity index (χ0n) is 26.2. The maximum atomic E-state index is 13.0. The summed E-state index contributed by atoms with van der Waals surface area (Å²) >= 11 is 0. The van der Waals surface area contributed by atoms with Crippen LogP contribution in [0.5, 0.6) is 0 Å². The average Bonchev–Trinajstić information content (AvgIpc) is 3.62. The first-order valence-corrected chi connectivity index (χ1v) is 15.1. The predicted octanol–water partition coefficient (Wildman–Crippen LogP) is 9.12. The molecule has 2 aliphatic rings. The quantitative estimate of drug-likeness (QED) is 0.105. The molecule has 0 N–H and O–H groups in total. The molecule has 0 amide bonds. The number of rotatable bonds is 4. The molecule has 1 heterocycles. The van der Waals surface area contributed by atoms with E-state index in [2.05, 4.69) is 9.69 Å². The lowest BCUT2D eigenvalue weighted by Gasteiger charge is -2.09. The summed E-state index contributed by atoms with van der Waals surface area (Å²) in [5.41, 5.74) is 5.95. The van der Waals surface area contributed by atoms with Gasteiger partial charge < -0.3 is 0 Å². The van der Waals surface area contributed by atoms with Crippen LogP contribution in [-0.2, 0) is 0 Å². The van der Waals surface area contributed by atoms with E-state index in [9.17, 15) is 33.3 Å². The Labute approximate surface area is 288 Å². The first-order chi connectivity index (χ1) is 24.5. The Morgan fingerprint density at radius 3 is 1.35 bits per heavy atom. The maximum absolute atomic E-state index is 13.0. The van der Waals surface area contributed by atoms with E-state index in [1.165, 1.54) is 19.1 Å². The molecule has 8 nitrogen and oxygen atoms in total. The lowest BCUT2D eigenvalue weighted by Crippen LogP contribution is -2.22. The largest absolute Gasteiger partial charge is 0.454 e. The lowest BCUT2D eigenvalue weighted by molar-refractivity contribution is -0.0885. The van der Waals surface area contributed by atoms with Crippen LogP contribution in [0.1, 0.15) is 50.2 Å².